The topological polar surface area (TPSA) is 88.5 Å². The van der Waals surface area contributed by atoms with E-state index in [1.54, 1.807) is 13.3 Å². The lowest BCUT2D eigenvalue weighted by molar-refractivity contribution is 0.460. The summed E-state index contributed by atoms with van der Waals surface area (Å²) in [4.78, 5) is 19.1. The fraction of sp³-hybridized carbons (Fsp3) is 0.538. The second kappa shape index (κ2) is 5.54. The molecule has 2 heterocycles. The molecule has 20 heavy (non-hydrogen) atoms. The van der Waals surface area contributed by atoms with Crippen molar-refractivity contribution >= 4 is 0 Å². The normalized spacial score (nSPS) is 14.2. The quantitative estimate of drug-likeness (QED) is 0.867. The van der Waals surface area contributed by atoms with Crippen molar-refractivity contribution in [1.82, 2.24) is 30.0 Å². The zero-order chi connectivity index (χ0) is 14.9. The molecule has 0 amide bonds. The number of rotatable bonds is 4. The number of aryl methyl sites for hydroxylation is 3. The standard InChI is InChI=1S/C13H20N6O/c1-7(11-8(2)16-10(4)17-13(11)20)15-9(3)12-18-14-6-19(12)5/h6-7,9,15H,1-5H3,(H,16,17,20). The molecule has 2 unspecified atom stereocenters. The van der Waals surface area contributed by atoms with E-state index in [2.05, 4.69) is 25.5 Å². The lowest BCUT2D eigenvalue weighted by atomic mass is 10.1. The maximum absolute atomic E-state index is 12.1. The highest BCUT2D eigenvalue weighted by Gasteiger charge is 2.19. The van der Waals surface area contributed by atoms with Crippen LogP contribution in [-0.2, 0) is 7.05 Å². The predicted octanol–water partition coefficient (Wildman–Crippen LogP) is 0.927. The van der Waals surface area contributed by atoms with Crippen LogP contribution in [0.3, 0.4) is 0 Å². The van der Waals surface area contributed by atoms with Gasteiger partial charge in [0.05, 0.1) is 11.6 Å². The second-order valence-electron chi connectivity index (χ2n) is 5.06. The van der Waals surface area contributed by atoms with E-state index >= 15 is 0 Å². The van der Waals surface area contributed by atoms with Gasteiger partial charge < -0.3 is 14.9 Å². The highest BCUT2D eigenvalue weighted by Crippen LogP contribution is 2.16. The Hall–Kier alpha value is -2.02. The van der Waals surface area contributed by atoms with Crippen LogP contribution in [0.5, 0.6) is 0 Å². The first kappa shape index (κ1) is 14.4. The number of aromatic amines is 1. The molecule has 0 fully saturated rings. The Morgan fingerprint density at radius 2 is 2.00 bits per heavy atom. The molecule has 2 aromatic heterocycles. The highest BCUT2D eigenvalue weighted by atomic mass is 16.1. The van der Waals surface area contributed by atoms with Crippen molar-refractivity contribution in [3.8, 4) is 0 Å². The molecule has 108 valence electrons. The van der Waals surface area contributed by atoms with Crippen LogP contribution in [-0.4, -0.2) is 24.7 Å². The van der Waals surface area contributed by atoms with Crippen molar-refractivity contribution in [3.05, 3.63) is 39.6 Å². The summed E-state index contributed by atoms with van der Waals surface area (Å²) >= 11 is 0. The summed E-state index contributed by atoms with van der Waals surface area (Å²) < 4.78 is 1.86. The summed E-state index contributed by atoms with van der Waals surface area (Å²) in [5.41, 5.74) is 1.31. The third kappa shape index (κ3) is 2.77. The Labute approximate surface area is 117 Å². The van der Waals surface area contributed by atoms with Gasteiger partial charge in [0, 0.05) is 18.8 Å². The van der Waals surface area contributed by atoms with Crippen LogP contribution in [0.2, 0.25) is 0 Å². The number of H-pyrrole nitrogens is 1. The van der Waals surface area contributed by atoms with Gasteiger partial charge in [0.2, 0.25) is 0 Å². The van der Waals surface area contributed by atoms with Gasteiger partial charge in [-0.2, -0.15) is 0 Å². The predicted molar refractivity (Wildman–Crippen MR) is 75.3 cm³/mol. The average molecular weight is 276 g/mol. The molecule has 2 N–H and O–H groups in total. The number of hydrogen-bond acceptors (Lipinski definition) is 5. The molecular formula is C13H20N6O. The fourth-order valence-electron chi connectivity index (χ4n) is 2.46. The molecular weight excluding hydrogens is 256 g/mol. The van der Waals surface area contributed by atoms with E-state index < -0.39 is 0 Å². The van der Waals surface area contributed by atoms with Gasteiger partial charge in [-0.25, -0.2) is 4.98 Å². The Morgan fingerprint density at radius 3 is 2.55 bits per heavy atom. The maximum Gasteiger partial charge on any atom is 0.255 e. The summed E-state index contributed by atoms with van der Waals surface area (Å²) in [7, 11) is 1.89. The third-order valence-electron chi connectivity index (χ3n) is 3.33. The average Bonchev–Trinajstić information content (AvgIpc) is 2.73. The molecule has 2 atom stereocenters. The number of nitrogens with zero attached hydrogens (tertiary/aromatic N) is 4. The summed E-state index contributed by atoms with van der Waals surface area (Å²) in [5, 5.41) is 11.3. The monoisotopic (exact) mass is 276 g/mol. The van der Waals surface area contributed by atoms with Gasteiger partial charge in [0.15, 0.2) is 0 Å². The van der Waals surface area contributed by atoms with Gasteiger partial charge in [-0.15, -0.1) is 10.2 Å². The minimum atomic E-state index is -0.126. The SMILES string of the molecule is Cc1nc(C)c(C(C)NC(C)c2nncn2C)c(=O)[nH]1. The summed E-state index contributed by atoms with van der Waals surface area (Å²) in [6.07, 6.45) is 1.66. The van der Waals surface area contributed by atoms with Crippen LogP contribution in [0.4, 0.5) is 0 Å². The first-order valence-electron chi connectivity index (χ1n) is 6.57. The van der Waals surface area contributed by atoms with Crippen LogP contribution < -0.4 is 10.9 Å². The fourth-order valence-corrected chi connectivity index (χ4v) is 2.46. The van der Waals surface area contributed by atoms with Crippen molar-refractivity contribution in [1.29, 1.82) is 0 Å². The Bertz CT molecular complexity index is 659. The third-order valence-corrected chi connectivity index (χ3v) is 3.33. The van der Waals surface area contributed by atoms with Crippen LogP contribution >= 0.6 is 0 Å². The number of aromatic nitrogens is 5. The molecule has 0 radical (unpaired) electrons. The van der Waals surface area contributed by atoms with E-state index in [4.69, 9.17) is 0 Å². The minimum Gasteiger partial charge on any atom is -0.319 e. The summed E-state index contributed by atoms with van der Waals surface area (Å²) in [5.74, 6) is 1.45. The van der Waals surface area contributed by atoms with Crippen molar-refractivity contribution in [3.63, 3.8) is 0 Å². The Kier molecular flexibility index (Phi) is 3.99. The van der Waals surface area contributed by atoms with Crippen LogP contribution in [0.1, 0.15) is 48.8 Å². The van der Waals surface area contributed by atoms with E-state index in [9.17, 15) is 4.79 Å². The first-order chi connectivity index (χ1) is 9.40. The van der Waals surface area contributed by atoms with Crippen LogP contribution in [0.15, 0.2) is 11.1 Å². The van der Waals surface area contributed by atoms with Crippen molar-refractivity contribution in [2.45, 2.75) is 39.8 Å². The molecule has 2 aromatic rings. The maximum atomic E-state index is 12.1. The Balaban J connectivity index is 2.23. The molecule has 0 spiro atoms. The second-order valence-corrected chi connectivity index (χ2v) is 5.06. The highest BCUT2D eigenvalue weighted by molar-refractivity contribution is 5.20. The zero-order valence-corrected chi connectivity index (χ0v) is 12.4. The Morgan fingerprint density at radius 1 is 1.30 bits per heavy atom. The summed E-state index contributed by atoms with van der Waals surface area (Å²) in [6.45, 7) is 7.56. The molecule has 0 aliphatic heterocycles. The van der Waals surface area contributed by atoms with Crippen molar-refractivity contribution in [2.75, 3.05) is 0 Å². The first-order valence-corrected chi connectivity index (χ1v) is 6.57. The largest absolute Gasteiger partial charge is 0.319 e. The zero-order valence-electron chi connectivity index (χ0n) is 12.4. The van der Waals surface area contributed by atoms with E-state index in [1.165, 1.54) is 0 Å². The van der Waals surface area contributed by atoms with E-state index in [0.717, 1.165) is 11.5 Å². The van der Waals surface area contributed by atoms with Gasteiger partial charge in [-0.05, 0) is 27.7 Å². The molecule has 0 aliphatic rings. The molecule has 0 saturated carbocycles. The molecule has 0 bridgehead atoms. The van der Waals surface area contributed by atoms with Gasteiger partial charge >= 0.3 is 0 Å². The van der Waals surface area contributed by atoms with Crippen LogP contribution in [0.25, 0.3) is 0 Å². The molecule has 0 saturated heterocycles. The lowest BCUT2D eigenvalue weighted by Gasteiger charge is -2.20. The van der Waals surface area contributed by atoms with Gasteiger partial charge in [-0.3, -0.25) is 4.79 Å². The van der Waals surface area contributed by atoms with E-state index in [1.807, 2.05) is 32.4 Å². The number of nitrogens with one attached hydrogen (secondary N) is 2. The van der Waals surface area contributed by atoms with E-state index in [0.29, 0.717) is 11.4 Å². The molecule has 0 aliphatic carbocycles. The van der Waals surface area contributed by atoms with Gasteiger partial charge in [0.1, 0.15) is 18.0 Å². The van der Waals surface area contributed by atoms with Crippen LogP contribution in [0, 0.1) is 13.8 Å². The lowest BCUT2D eigenvalue weighted by Crippen LogP contribution is -2.30. The van der Waals surface area contributed by atoms with E-state index in [-0.39, 0.29) is 17.6 Å². The molecule has 7 nitrogen and oxygen atoms in total. The van der Waals surface area contributed by atoms with Gasteiger partial charge in [-0.1, -0.05) is 0 Å². The molecule has 7 heteroatoms. The van der Waals surface area contributed by atoms with Crippen molar-refractivity contribution in [2.24, 2.45) is 7.05 Å². The van der Waals surface area contributed by atoms with Gasteiger partial charge in [0.25, 0.3) is 5.56 Å². The smallest absolute Gasteiger partial charge is 0.255 e. The number of hydrogen-bond donors (Lipinski definition) is 2. The van der Waals surface area contributed by atoms with Crippen molar-refractivity contribution < 1.29 is 0 Å². The molecule has 0 aromatic carbocycles. The molecule has 2 rings (SSSR count). The minimum absolute atomic E-state index is 0.0161. The summed E-state index contributed by atoms with van der Waals surface area (Å²) in [6, 6.07) is -0.142.